The molecule has 0 aliphatic carbocycles. The van der Waals surface area contributed by atoms with Crippen LogP contribution >= 0.6 is 24.8 Å². The molecule has 2 aromatic heterocycles. The summed E-state index contributed by atoms with van der Waals surface area (Å²) >= 11 is 0. The summed E-state index contributed by atoms with van der Waals surface area (Å²) in [5.74, 6) is 1.84. The van der Waals surface area contributed by atoms with Gasteiger partial charge in [0.1, 0.15) is 17.1 Å². The van der Waals surface area contributed by atoms with E-state index in [0.29, 0.717) is 29.3 Å². The van der Waals surface area contributed by atoms with Crippen molar-refractivity contribution in [2.45, 2.75) is 39.0 Å². The number of nitrogens with zero attached hydrogens (tertiary/aromatic N) is 2. The van der Waals surface area contributed by atoms with E-state index < -0.39 is 11.5 Å². The first kappa shape index (κ1) is 25.6. The van der Waals surface area contributed by atoms with E-state index in [9.17, 15) is 9.59 Å². The molecule has 3 aromatic rings. The number of aromatic amines is 1. The van der Waals surface area contributed by atoms with Crippen LogP contribution in [0.4, 0.5) is 5.69 Å². The molecule has 0 radical (unpaired) electrons. The van der Waals surface area contributed by atoms with Gasteiger partial charge in [-0.15, -0.1) is 24.8 Å². The third-order valence-electron chi connectivity index (χ3n) is 5.31. The van der Waals surface area contributed by atoms with Crippen molar-refractivity contribution < 1.29 is 9.21 Å². The second-order valence-corrected chi connectivity index (χ2v) is 7.70. The zero-order chi connectivity index (χ0) is 21.1. The summed E-state index contributed by atoms with van der Waals surface area (Å²) in [6.45, 7) is 5.39. The highest BCUT2D eigenvalue weighted by molar-refractivity contribution is 6.04. The van der Waals surface area contributed by atoms with Crippen LogP contribution in [0.5, 0.6) is 0 Å². The van der Waals surface area contributed by atoms with Gasteiger partial charge in [-0.1, -0.05) is 12.1 Å². The average Bonchev–Trinajstić information content (AvgIpc) is 3.14. The highest BCUT2D eigenvalue weighted by atomic mass is 35.5. The fourth-order valence-electron chi connectivity index (χ4n) is 3.75. The van der Waals surface area contributed by atoms with Crippen LogP contribution in [0.2, 0.25) is 0 Å². The number of nitrogens with one attached hydrogen (secondary N) is 3. The van der Waals surface area contributed by atoms with Crippen LogP contribution in [0.3, 0.4) is 0 Å². The van der Waals surface area contributed by atoms with Gasteiger partial charge in [-0.05, 0) is 62.6 Å². The quantitative estimate of drug-likeness (QED) is 0.515. The Morgan fingerprint density at radius 1 is 1.22 bits per heavy atom. The van der Waals surface area contributed by atoms with Crippen molar-refractivity contribution in [2.24, 2.45) is 0 Å². The number of hydrogen-bond acceptors (Lipinski definition) is 6. The summed E-state index contributed by atoms with van der Waals surface area (Å²) in [6, 6.07) is 9.21. The largest absolute Gasteiger partial charge is 0.427 e. The van der Waals surface area contributed by atoms with Gasteiger partial charge in [0.2, 0.25) is 0 Å². The summed E-state index contributed by atoms with van der Waals surface area (Å²) in [6.07, 6.45) is 2.61. The van der Waals surface area contributed by atoms with Gasteiger partial charge in [-0.25, -0.2) is 9.78 Å². The molecule has 3 heterocycles. The molecule has 1 fully saturated rings. The van der Waals surface area contributed by atoms with E-state index in [4.69, 9.17) is 4.42 Å². The lowest BCUT2D eigenvalue weighted by atomic mass is 9.95. The average molecular weight is 480 g/mol. The van der Waals surface area contributed by atoms with Crippen molar-refractivity contribution in [3.05, 3.63) is 74.9 Å². The number of H-pyrrole nitrogens is 1. The fourth-order valence-corrected chi connectivity index (χ4v) is 3.75. The first-order chi connectivity index (χ1) is 14.5. The van der Waals surface area contributed by atoms with Crippen LogP contribution in [-0.2, 0) is 6.42 Å². The fraction of sp³-hybridized carbons (Fsp3) is 0.364. The minimum Gasteiger partial charge on any atom is -0.427 e. The van der Waals surface area contributed by atoms with E-state index in [1.165, 1.54) is 0 Å². The maximum Gasteiger partial charge on any atom is 0.349 e. The Morgan fingerprint density at radius 2 is 1.97 bits per heavy atom. The van der Waals surface area contributed by atoms with E-state index in [1.54, 1.807) is 19.1 Å². The molecule has 1 aliphatic rings. The van der Waals surface area contributed by atoms with Gasteiger partial charge in [0.05, 0.1) is 0 Å². The number of rotatable bonds is 5. The molecule has 0 spiro atoms. The van der Waals surface area contributed by atoms with Crippen molar-refractivity contribution in [3.63, 3.8) is 0 Å². The van der Waals surface area contributed by atoms with Crippen LogP contribution in [0.1, 0.15) is 57.7 Å². The van der Waals surface area contributed by atoms with Gasteiger partial charge in [-0.2, -0.15) is 5.10 Å². The molecule has 1 aromatic carbocycles. The normalized spacial score (nSPS) is 15.4. The number of aromatic nitrogens is 3. The van der Waals surface area contributed by atoms with Crippen LogP contribution in [-0.4, -0.2) is 34.2 Å². The molecule has 1 unspecified atom stereocenters. The number of carbonyl (C=O) groups is 1. The molecule has 1 saturated heterocycles. The van der Waals surface area contributed by atoms with E-state index in [1.807, 2.05) is 25.1 Å². The van der Waals surface area contributed by atoms with Gasteiger partial charge in [0.25, 0.3) is 5.91 Å². The predicted molar refractivity (Wildman–Crippen MR) is 127 cm³/mol. The molecule has 10 heteroatoms. The number of amides is 1. The number of piperidine rings is 1. The van der Waals surface area contributed by atoms with Crippen LogP contribution < -0.4 is 16.3 Å². The van der Waals surface area contributed by atoms with Gasteiger partial charge in [-0.3, -0.25) is 9.89 Å². The number of anilines is 1. The smallest absolute Gasteiger partial charge is 0.349 e. The summed E-state index contributed by atoms with van der Waals surface area (Å²) in [4.78, 5) is 29.5. The molecule has 1 atom stereocenters. The van der Waals surface area contributed by atoms with E-state index >= 15 is 0 Å². The molecule has 1 aliphatic heterocycles. The van der Waals surface area contributed by atoms with Gasteiger partial charge >= 0.3 is 5.63 Å². The maximum absolute atomic E-state index is 12.7. The number of hydrogen-bond donors (Lipinski definition) is 3. The maximum atomic E-state index is 12.7. The van der Waals surface area contributed by atoms with Crippen molar-refractivity contribution in [1.29, 1.82) is 0 Å². The zero-order valence-electron chi connectivity index (χ0n) is 17.9. The lowest BCUT2D eigenvalue weighted by Crippen LogP contribution is -2.30. The Kier molecular flexibility index (Phi) is 9.00. The molecule has 0 saturated carbocycles. The van der Waals surface area contributed by atoms with E-state index in [0.717, 1.165) is 37.3 Å². The Labute approximate surface area is 198 Å². The molecule has 1 amide bonds. The minimum absolute atomic E-state index is 0. The van der Waals surface area contributed by atoms with Gasteiger partial charge in [0, 0.05) is 24.6 Å². The Hall–Kier alpha value is -2.68. The van der Waals surface area contributed by atoms with Crippen LogP contribution in [0.25, 0.3) is 0 Å². The molecule has 0 bridgehead atoms. The topological polar surface area (TPSA) is 113 Å². The predicted octanol–water partition coefficient (Wildman–Crippen LogP) is 3.53. The molecular weight excluding hydrogens is 453 g/mol. The van der Waals surface area contributed by atoms with Crippen molar-refractivity contribution >= 4 is 36.4 Å². The number of benzene rings is 1. The van der Waals surface area contributed by atoms with E-state index in [-0.39, 0.29) is 36.3 Å². The molecule has 32 heavy (non-hydrogen) atoms. The summed E-state index contributed by atoms with van der Waals surface area (Å²) in [5.41, 5.74) is 1.70. The van der Waals surface area contributed by atoms with Crippen molar-refractivity contribution in [2.75, 3.05) is 18.4 Å². The number of aryl methyl sites for hydroxylation is 2. The molecule has 3 N–H and O–H groups in total. The van der Waals surface area contributed by atoms with Crippen molar-refractivity contribution in [3.8, 4) is 0 Å². The summed E-state index contributed by atoms with van der Waals surface area (Å²) < 4.78 is 5.50. The first-order valence-electron chi connectivity index (χ1n) is 10.1. The number of halogens is 2. The van der Waals surface area contributed by atoms with E-state index in [2.05, 4.69) is 25.8 Å². The zero-order valence-corrected chi connectivity index (χ0v) is 19.6. The monoisotopic (exact) mass is 479 g/mol. The highest BCUT2D eigenvalue weighted by Crippen LogP contribution is 2.24. The molecular formula is C22H27Cl2N5O3. The second kappa shape index (κ2) is 11.3. The molecule has 172 valence electrons. The van der Waals surface area contributed by atoms with Gasteiger partial charge < -0.3 is 15.1 Å². The standard InChI is InChI=1S/C22H25N5O3.2ClH/c1-13-10-18(16-4-3-9-23-12-16)30-22(29)20(13)21(28)25-17-7-5-15(6-8-17)11-19-24-14(2)26-27-19;;/h5-8,10,16,23H,3-4,9,11-12H2,1-2H3,(H,25,28)(H,24,26,27);2*1H. The van der Waals surface area contributed by atoms with Gasteiger partial charge in [0.15, 0.2) is 5.82 Å². The SMILES string of the molecule is Cc1nc(Cc2ccc(NC(=O)c3c(C)cc(C4CCCNC4)oc3=O)cc2)n[nH]1.Cl.Cl. The highest BCUT2D eigenvalue weighted by Gasteiger charge is 2.22. The lowest BCUT2D eigenvalue weighted by molar-refractivity contribution is 0.102. The van der Waals surface area contributed by atoms with Crippen molar-refractivity contribution in [1.82, 2.24) is 20.5 Å². The Morgan fingerprint density at radius 3 is 2.56 bits per heavy atom. The molecule has 4 rings (SSSR count). The van der Waals surface area contributed by atoms with Crippen LogP contribution in [0, 0.1) is 13.8 Å². The second-order valence-electron chi connectivity index (χ2n) is 7.70. The summed E-state index contributed by atoms with van der Waals surface area (Å²) in [7, 11) is 0. The third kappa shape index (κ3) is 5.97. The lowest BCUT2D eigenvalue weighted by Gasteiger charge is -2.22. The third-order valence-corrected chi connectivity index (χ3v) is 5.31. The first-order valence-corrected chi connectivity index (χ1v) is 10.1. The van der Waals surface area contributed by atoms with Crippen LogP contribution in [0.15, 0.2) is 39.5 Å². The Bertz CT molecular complexity index is 1110. The Balaban J connectivity index is 0.00000181. The summed E-state index contributed by atoms with van der Waals surface area (Å²) in [5, 5.41) is 13.0. The number of carbonyl (C=O) groups excluding carboxylic acids is 1. The molecule has 8 nitrogen and oxygen atoms in total. The minimum atomic E-state index is -0.593.